The molecule has 0 saturated heterocycles. The lowest BCUT2D eigenvalue weighted by molar-refractivity contribution is 0.152. The lowest BCUT2D eigenvalue weighted by Crippen LogP contribution is -2.39. The van der Waals surface area contributed by atoms with Gasteiger partial charge in [-0.05, 0) is 42.8 Å². The molecule has 1 aromatic heterocycles. The quantitative estimate of drug-likeness (QED) is 0.853. The second-order valence-corrected chi connectivity index (χ2v) is 5.42. The van der Waals surface area contributed by atoms with Gasteiger partial charge in [0.1, 0.15) is 0 Å². The molecular weight excluding hydrogens is 218 g/mol. The van der Waals surface area contributed by atoms with Gasteiger partial charge < -0.3 is 10.1 Å². The van der Waals surface area contributed by atoms with Gasteiger partial charge >= 0.3 is 0 Å². The van der Waals surface area contributed by atoms with Crippen LogP contribution in [0.1, 0.15) is 36.1 Å². The Balaban J connectivity index is 2.14. The summed E-state index contributed by atoms with van der Waals surface area (Å²) in [4.78, 5) is 1.59. The maximum atomic E-state index is 5.34. The van der Waals surface area contributed by atoms with Crippen LogP contribution in [0.3, 0.4) is 0 Å². The first-order chi connectivity index (χ1) is 7.86. The van der Waals surface area contributed by atoms with Crippen molar-refractivity contribution in [1.82, 2.24) is 5.32 Å². The summed E-state index contributed by atoms with van der Waals surface area (Å²) in [7, 11) is 1.79. The van der Waals surface area contributed by atoms with Crippen LogP contribution in [0.4, 0.5) is 0 Å². The van der Waals surface area contributed by atoms with Crippen LogP contribution in [0.15, 0.2) is 11.4 Å². The van der Waals surface area contributed by atoms with Crippen LogP contribution in [0, 0.1) is 0 Å². The molecule has 1 N–H and O–H groups in total. The molecule has 0 aromatic carbocycles. The fraction of sp³-hybridized carbons (Fsp3) is 0.692. The maximum absolute atomic E-state index is 5.34. The molecule has 1 aromatic rings. The van der Waals surface area contributed by atoms with E-state index in [1.807, 2.05) is 11.3 Å². The number of ether oxygens (including phenoxy) is 1. The summed E-state index contributed by atoms with van der Waals surface area (Å²) < 4.78 is 5.34. The largest absolute Gasteiger partial charge is 0.383 e. The summed E-state index contributed by atoms with van der Waals surface area (Å²) in [6.45, 7) is 4.00. The van der Waals surface area contributed by atoms with E-state index in [1.54, 1.807) is 17.6 Å². The molecule has 2 unspecified atom stereocenters. The van der Waals surface area contributed by atoms with Gasteiger partial charge in [-0.25, -0.2) is 0 Å². The van der Waals surface area contributed by atoms with Crippen LogP contribution in [-0.4, -0.2) is 26.3 Å². The number of rotatable bonds is 5. The molecule has 3 heteroatoms. The van der Waals surface area contributed by atoms with Gasteiger partial charge in [0.25, 0.3) is 0 Å². The third kappa shape index (κ3) is 2.47. The minimum atomic E-state index is 0.476. The first-order valence-corrected chi connectivity index (χ1v) is 7.03. The highest BCUT2D eigenvalue weighted by atomic mass is 32.1. The number of hydrogen-bond donors (Lipinski definition) is 1. The molecule has 0 bridgehead atoms. The zero-order chi connectivity index (χ0) is 11.4. The van der Waals surface area contributed by atoms with E-state index < -0.39 is 0 Å². The number of methoxy groups -OCH3 is 1. The van der Waals surface area contributed by atoms with Crippen molar-refractivity contribution in [2.24, 2.45) is 0 Å². The Morgan fingerprint density at radius 1 is 1.62 bits per heavy atom. The molecule has 2 rings (SSSR count). The van der Waals surface area contributed by atoms with Crippen LogP contribution in [0.5, 0.6) is 0 Å². The van der Waals surface area contributed by atoms with Gasteiger partial charge in [-0.1, -0.05) is 6.92 Å². The molecule has 1 aliphatic carbocycles. The number of thiophene rings is 1. The van der Waals surface area contributed by atoms with E-state index in [-0.39, 0.29) is 0 Å². The highest BCUT2D eigenvalue weighted by Crippen LogP contribution is 2.36. The van der Waals surface area contributed by atoms with Gasteiger partial charge in [0, 0.05) is 23.9 Å². The lowest BCUT2D eigenvalue weighted by atomic mass is 9.82. The minimum Gasteiger partial charge on any atom is -0.383 e. The lowest BCUT2D eigenvalue weighted by Gasteiger charge is -2.30. The number of fused-ring (bicyclic) bond motifs is 1. The Labute approximate surface area is 102 Å². The van der Waals surface area contributed by atoms with Gasteiger partial charge in [0.05, 0.1) is 6.61 Å². The highest BCUT2D eigenvalue weighted by molar-refractivity contribution is 7.10. The Morgan fingerprint density at radius 3 is 3.25 bits per heavy atom. The SMILES string of the molecule is CCNC(COC)C1CCCc2sccc21. The first kappa shape index (κ1) is 12.1. The predicted octanol–water partition coefficient (Wildman–Crippen LogP) is 2.79. The van der Waals surface area contributed by atoms with E-state index >= 15 is 0 Å². The molecule has 0 aliphatic heterocycles. The molecule has 0 amide bonds. The van der Waals surface area contributed by atoms with E-state index in [4.69, 9.17) is 4.74 Å². The Kier molecular flexibility index (Phi) is 4.38. The van der Waals surface area contributed by atoms with Gasteiger partial charge in [-0.15, -0.1) is 11.3 Å². The Morgan fingerprint density at radius 2 is 2.50 bits per heavy atom. The molecule has 16 heavy (non-hydrogen) atoms. The van der Waals surface area contributed by atoms with Gasteiger partial charge in [0.2, 0.25) is 0 Å². The zero-order valence-corrected chi connectivity index (χ0v) is 11.0. The number of aryl methyl sites for hydroxylation is 1. The van der Waals surface area contributed by atoms with Crippen molar-refractivity contribution >= 4 is 11.3 Å². The van der Waals surface area contributed by atoms with Crippen molar-refractivity contribution < 1.29 is 4.74 Å². The normalized spacial score (nSPS) is 21.8. The molecular formula is C13H21NOS. The Hall–Kier alpha value is -0.380. The summed E-state index contributed by atoms with van der Waals surface area (Å²) in [5.74, 6) is 0.648. The van der Waals surface area contributed by atoms with Crippen LogP contribution < -0.4 is 5.32 Å². The number of likely N-dealkylation sites (N-methyl/N-ethyl adjacent to an activating group) is 1. The molecule has 1 aliphatic rings. The molecule has 1 heterocycles. The van der Waals surface area contributed by atoms with E-state index in [9.17, 15) is 0 Å². The number of nitrogens with one attached hydrogen (secondary N) is 1. The molecule has 0 fully saturated rings. The first-order valence-electron chi connectivity index (χ1n) is 6.15. The summed E-state index contributed by atoms with van der Waals surface area (Å²) >= 11 is 1.91. The summed E-state index contributed by atoms with van der Waals surface area (Å²) in [6, 6.07) is 2.78. The molecule has 0 spiro atoms. The van der Waals surface area contributed by atoms with Gasteiger partial charge in [0.15, 0.2) is 0 Å². The minimum absolute atomic E-state index is 0.476. The molecule has 2 atom stereocenters. The fourth-order valence-electron chi connectivity index (χ4n) is 2.70. The third-order valence-electron chi connectivity index (χ3n) is 3.40. The topological polar surface area (TPSA) is 21.3 Å². The predicted molar refractivity (Wildman–Crippen MR) is 69.3 cm³/mol. The van der Waals surface area contributed by atoms with E-state index in [0.29, 0.717) is 12.0 Å². The summed E-state index contributed by atoms with van der Waals surface area (Å²) in [5, 5.41) is 5.80. The number of hydrogen-bond acceptors (Lipinski definition) is 3. The smallest absolute Gasteiger partial charge is 0.0621 e. The van der Waals surface area contributed by atoms with E-state index in [1.165, 1.54) is 19.3 Å². The van der Waals surface area contributed by atoms with Crippen molar-refractivity contribution in [2.75, 3.05) is 20.3 Å². The second kappa shape index (κ2) is 5.80. The van der Waals surface area contributed by atoms with Crippen molar-refractivity contribution in [3.05, 3.63) is 21.9 Å². The molecule has 0 radical (unpaired) electrons. The second-order valence-electron chi connectivity index (χ2n) is 4.42. The summed E-state index contributed by atoms with van der Waals surface area (Å²) in [5.41, 5.74) is 1.57. The monoisotopic (exact) mass is 239 g/mol. The Bertz CT molecular complexity index is 317. The van der Waals surface area contributed by atoms with E-state index in [2.05, 4.69) is 23.7 Å². The average Bonchev–Trinajstić information content (AvgIpc) is 2.76. The fourth-order valence-corrected chi connectivity index (χ4v) is 3.70. The van der Waals surface area contributed by atoms with Gasteiger partial charge in [-0.2, -0.15) is 0 Å². The highest BCUT2D eigenvalue weighted by Gasteiger charge is 2.27. The van der Waals surface area contributed by atoms with Gasteiger partial charge in [-0.3, -0.25) is 0 Å². The van der Waals surface area contributed by atoms with Crippen molar-refractivity contribution in [3.63, 3.8) is 0 Å². The summed E-state index contributed by atoms with van der Waals surface area (Å²) in [6.07, 6.45) is 3.89. The molecule has 0 saturated carbocycles. The van der Waals surface area contributed by atoms with Crippen LogP contribution in [-0.2, 0) is 11.2 Å². The zero-order valence-electron chi connectivity index (χ0n) is 10.2. The van der Waals surface area contributed by atoms with E-state index in [0.717, 1.165) is 13.2 Å². The maximum Gasteiger partial charge on any atom is 0.0621 e. The molecule has 2 nitrogen and oxygen atoms in total. The molecule has 90 valence electrons. The van der Waals surface area contributed by atoms with Crippen molar-refractivity contribution in [3.8, 4) is 0 Å². The van der Waals surface area contributed by atoms with Crippen LogP contribution in [0.2, 0.25) is 0 Å². The third-order valence-corrected chi connectivity index (χ3v) is 4.39. The van der Waals surface area contributed by atoms with Crippen molar-refractivity contribution in [2.45, 2.75) is 38.1 Å². The van der Waals surface area contributed by atoms with Crippen molar-refractivity contribution in [1.29, 1.82) is 0 Å². The average molecular weight is 239 g/mol. The van der Waals surface area contributed by atoms with Crippen LogP contribution in [0.25, 0.3) is 0 Å². The standard InChI is InChI=1S/C13H21NOS/c1-3-14-12(9-15-2)10-5-4-6-13-11(10)7-8-16-13/h7-8,10,12,14H,3-6,9H2,1-2H3. The van der Waals surface area contributed by atoms with Crippen LogP contribution >= 0.6 is 11.3 Å².